The van der Waals surface area contributed by atoms with Crippen LogP contribution in [0.25, 0.3) is 0 Å². The average molecular weight is 482 g/mol. The van der Waals surface area contributed by atoms with Crippen LogP contribution in [0.4, 0.5) is 11.4 Å². The Balaban J connectivity index is 0.000000403. The van der Waals surface area contributed by atoms with Crippen molar-refractivity contribution in [2.45, 2.75) is 0 Å². The Hall–Kier alpha value is -0.569. The second-order valence-corrected chi connectivity index (χ2v) is 6.07. The summed E-state index contributed by atoms with van der Waals surface area (Å²) in [6.45, 7) is 0. The molecule has 0 saturated heterocycles. The summed E-state index contributed by atoms with van der Waals surface area (Å²) < 4.78 is 64.4. The number of para-hydroxylation sites is 2. The standard InChI is InChI=1S/2C6H7NO3S.Ba/c2*8-11(9,10)7-6-4-2-1-3-5-6;/h2*1-5,7H,(H,8,9,10);/q;;+2/p-2. The minimum Gasteiger partial charge on any atom is -0.731 e. The molecule has 2 aromatic carbocycles. The first kappa shape index (κ1) is 22.4. The molecule has 0 fully saturated rings. The molecule has 0 atom stereocenters. The molecule has 0 aliphatic heterocycles. The van der Waals surface area contributed by atoms with E-state index in [0.29, 0.717) is 0 Å². The maximum absolute atomic E-state index is 10.1. The molecule has 0 radical (unpaired) electrons. The molecular formula is C12H12BaN2O6S2. The molecule has 120 valence electrons. The van der Waals surface area contributed by atoms with Gasteiger partial charge >= 0.3 is 48.9 Å². The van der Waals surface area contributed by atoms with Gasteiger partial charge in [0.05, 0.1) is 0 Å². The van der Waals surface area contributed by atoms with Gasteiger partial charge in [-0.25, -0.2) is 16.8 Å². The van der Waals surface area contributed by atoms with Crippen LogP contribution in [0.5, 0.6) is 0 Å². The van der Waals surface area contributed by atoms with Crippen LogP contribution >= 0.6 is 0 Å². The number of hydrogen-bond donors (Lipinski definition) is 2. The van der Waals surface area contributed by atoms with Crippen molar-refractivity contribution in [3.05, 3.63) is 60.7 Å². The Morgan fingerprint density at radius 1 is 0.609 bits per heavy atom. The van der Waals surface area contributed by atoms with Crippen molar-refractivity contribution in [2.75, 3.05) is 9.44 Å². The van der Waals surface area contributed by atoms with Gasteiger partial charge in [-0.15, -0.1) is 0 Å². The fraction of sp³-hybridized carbons (Fsp3) is 0. The van der Waals surface area contributed by atoms with Gasteiger partial charge in [-0.3, -0.25) is 9.44 Å². The van der Waals surface area contributed by atoms with E-state index in [1.807, 2.05) is 0 Å². The summed E-state index contributed by atoms with van der Waals surface area (Å²) in [5.74, 6) is 0. The molecule has 0 aromatic heterocycles. The van der Waals surface area contributed by atoms with Crippen LogP contribution in [0.3, 0.4) is 0 Å². The van der Waals surface area contributed by atoms with E-state index in [1.54, 1.807) is 45.8 Å². The summed E-state index contributed by atoms with van der Waals surface area (Å²) in [7, 11) is -8.75. The maximum Gasteiger partial charge on any atom is 2.00 e. The minimum atomic E-state index is -4.38. The van der Waals surface area contributed by atoms with Crippen LogP contribution in [0.15, 0.2) is 60.7 Å². The van der Waals surface area contributed by atoms with Crippen LogP contribution in [0.2, 0.25) is 0 Å². The summed E-state index contributed by atoms with van der Waals surface area (Å²) in [5, 5.41) is 0. The third kappa shape index (κ3) is 12.5. The molecule has 0 bridgehead atoms. The Bertz CT molecular complexity index is 713. The summed E-state index contributed by atoms with van der Waals surface area (Å²) in [5.41, 5.74) is 0.560. The first-order valence-electron chi connectivity index (χ1n) is 5.73. The Morgan fingerprint density at radius 3 is 1.09 bits per heavy atom. The third-order valence-electron chi connectivity index (χ3n) is 2.03. The van der Waals surface area contributed by atoms with Crippen LogP contribution in [-0.4, -0.2) is 74.8 Å². The smallest absolute Gasteiger partial charge is 0.731 e. The topological polar surface area (TPSA) is 138 Å². The first-order valence-corrected chi connectivity index (χ1v) is 8.55. The third-order valence-corrected chi connectivity index (χ3v) is 3.00. The summed E-state index contributed by atoms with van der Waals surface area (Å²) in [6.07, 6.45) is 0. The molecule has 0 aliphatic rings. The van der Waals surface area contributed by atoms with E-state index in [4.69, 9.17) is 0 Å². The Labute approximate surface area is 175 Å². The van der Waals surface area contributed by atoms with Crippen LogP contribution in [-0.2, 0) is 20.6 Å². The van der Waals surface area contributed by atoms with Gasteiger partial charge < -0.3 is 9.11 Å². The Morgan fingerprint density at radius 2 is 0.870 bits per heavy atom. The van der Waals surface area contributed by atoms with Crippen molar-refractivity contribution in [2.24, 2.45) is 0 Å². The number of anilines is 2. The summed E-state index contributed by atoms with van der Waals surface area (Å²) in [6, 6.07) is 16.0. The van der Waals surface area contributed by atoms with Gasteiger partial charge in [-0.05, 0) is 24.3 Å². The first-order chi connectivity index (χ1) is 10.2. The van der Waals surface area contributed by atoms with Crippen molar-refractivity contribution in [1.29, 1.82) is 0 Å². The monoisotopic (exact) mass is 482 g/mol. The van der Waals surface area contributed by atoms with Gasteiger partial charge in [0, 0.05) is 11.4 Å². The fourth-order valence-corrected chi connectivity index (χ4v) is 2.15. The van der Waals surface area contributed by atoms with Gasteiger partial charge in [0.1, 0.15) is 0 Å². The predicted molar refractivity (Wildman–Crippen MR) is 85.3 cm³/mol. The number of hydrogen-bond acceptors (Lipinski definition) is 6. The molecule has 0 unspecified atom stereocenters. The molecule has 8 nitrogen and oxygen atoms in total. The van der Waals surface area contributed by atoms with Gasteiger partial charge in [0.25, 0.3) is 0 Å². The summed E-state index contributed by atoms with van der Waals surface area (Å²) in [4.78, 5) is 0. The fourth-order valence-electron chi connectivity index (χ4n) is 1.30. The average Bonchev–Trinajstić information content (AvgIpc) is 2.38. The predicted octanol–water partition coefficient (Wildman–Crippen LogP) is 0.737. The molecule has 23 heavy (non-hydrogen) atoms. The molecule has 0 aliphatic carbocycles. The molecule has 0 heterocycles. The second kappa shape index (κ2) is 10.3. The van der Waals surface area contributed by atoms with E-state index in [0.717, 1.165) is 0 Å². The number of nitrogens with one attached hydrogen (secondary N) is 2. The minimum absolute atomic E-state index is 0. The van der Waals surface area contributed by atoms with E-state index in [-0.39, 0.29) is 60.3 Å². The zero-order valence-electron chi connectivity index (χ0n) is 11.7. The van der Waals surface area contributed by atoms with Crippen molar-refractivity contribution in [3.63, 3.8) is 0 Å². The number of rotatable bonds is 4. The van der Waals surface area contributed by atoms with Gasteiger partial charge in [0.15, 0.2) is 20.6 Å². The second-order valence-electron chi connectivity index (χ2n) is 3.84. The van der Waals surface area contributed by atoms with Crippen LogP contribution in [0.1, 0.15) is 0 Å². The zero-order chi connectivity index (χ0) is 16.6. The number of benzene rings is 2. The normalized spacial score (nSPS) is 10.5. The van der Waals surface area contributed by atoms with Crippen molar-refractivity contribution in [1.82, 2.24) is 0 Å². The maximum atomic E-state index is 10.1. The molecule has 0 amide bonds. The molecule has 2 aromatic rings. The quantitative estimate of drug-likeness (QED) is 0.488. The Kier molecular flexibility index (Phi) is 10.1. The summed E-state index contributed by atoms with van der Waals surface area (Å²) >= 11 is 0. The largest absolute Gasteiger partial charge is 2.00 e. The van der Waals surface area contributed by atoms with E-state index >= 15 is 0 Å². The van der Waals surface area contributed by atoms with Crippen LogP contribution in [0, 0.1) is 0 Å². The molecule has 0 saturated carbocycles. The molecular weight excluding hydrogens is 470 g/mol. The van der Waals surface area contributed by atoms with E-state index in [9.17, 15) is 25.9 Å². The van der Waals surface area contributed by atoms with E-state index < -0.39 is 20.6 Å². The van der Waals surface area contributed by atoms with E-state index in [1.165, 1.54) is 24.3 Å². The van der Waals surface area contributed by atoms with Crippen molar-refractivity contribution >= 4 is 80.9 Å². The van der Waals surface area contributed by atoms with E-state index in [2.05, 4.69) is 0 Å². The van der Waals surface area contributed by atoms with Crippen LogP contribution < -0.4 is 9.44 Å². The van der Waals surface area contributed by atoms with Gasteiger partial charge in [-0.2, -0.15) is 0 Å². The molecule has 2 rings (SSSR count). The molecule has 11 heteroatoms. The van der Waals surface area contributed by atoms with Crippen molar-refractivity contribution < 1.29 is 25.9 Å². The van der Waals surface area contributed by atoms with Crippen molar-refractivity contribution in [3.8, 4) is 0 Å². The SMILES string of the molecule is O=S(=O)([O-])Nc1ccccc1.O=S(=O)([O-])Nc1ccccc1.[Ba+2]. The van der Waals surface area contributed by atoms with Gasteiger partial charge in [-0.1, -0.05) is 36.4 Å². The molecule has 0 spiro atoms. The molecule has 2 N–H and O–H groups in total. The zero-order valence-corrected chi connectivity index (χ0v) is 17.8. The van der Waals surface area contributed by atoms with Gasteiger partial charge in [0.2, 0.25) is 0 Å².